The average Bonchev–Trinajstić information content (AvgIpc) is 2.82. The summed E-state index contributed by atoms with van der Waals surface area (Å²) in [4.78, 5) is 0. The SMILES string of the molecule is CC(NCCCCC(F)(F)F)C1(C)CC1. The number of alkyl halides is 3. The van der Waals surface area contributed by atoms with Gasteiger partial charge < -0.3 is 5.32 Å². The van der Waals surface area contributed by atoms with Crippen LogP contribution in [0.15, 0.2) is 0 Å². The molecule has 0 aromatic heterocycles. The largest absolute Gasteiger partial charge is 0.389 e. The summed E-state index contributed by atoms with van der Waals surface area (Å²) in [5, 5.41) is 3.30. The summed E-state index contributed by atoms with van der Waals surface area (Å²) in [6.45, 7) is 5.05. The third-order valence-electron chi connectivity index (χ3n) is 3.42. The van der Waals surface area contributed by atoms with E-state index in [0.717, 1.165) is 0 Å². The molecule has 0 amide bonds. The molecule has 4 heteroatoms. The number of hydrogen-bond acceptors (Lipinski definition) is 1. The van der Waals surface area contributed by atoms with E-state index in [0.29, 0.717) is 24.4 Å². The first-order chi connectivity index (χ1) is 6.83. The second-order valence-electron chi connectivity index (χ2n) is 4.90. The molecule has 90 valence electrons. The summed E-state index contributed by atoms with van der Waals surface area (Å²) < 4.78 is 35.5. The first kappa shape index (κ1) is 12.8. The lowest BCUT2D eigenvalue weighted by molar-refractivity contribution is -0.135. The van der Waals surface area contributed by atoms with Crippen molar-refractivity contribution >= 4 is 0 Å². The number of halogens is 3. The second kappa shape index (κ2) is 4.73. The van der Waals surface area contributed by atoms with E-state index >= 15 is 0 Å². The highest BCUT2D eigenvalue weighted by molar-refractivity contribution is 4.96. The van der Waals surface area contributed by atoms with Crippen molar-refractivity contribution in [3.8, 4) is 0 Å². The monoisotopic (exact) mass is 223 g/mol. The highest BCUT2D eigenvalue weighted by Crippen LogP contribution is 2.47. The van der Waals surface area contributed by atoms with Gasteiger partial charge >= 0.3 is 6.18 Å². The van der Waals surface area contributed by atoms with Crippen molar-refractivity contribution in [2.24, 2.45) is 5.41 Å². The molecule has 1 rings (SSSR count). The zero-order valence-corrected chi connectivity index (χ0v) is 9.45. The predicted molar refractivity (Wildman–Crippen MR) is 54.7 cm³/mol. The van der Waals surface area contributed by atoms with Crippen LogP contribution in [-0.2, 0) is 0 Å². The molecule has 1 aliphatic carbocycles. The number of nitrogens with one attached hydrogen (secondary N) is 1. The van der Waals surface area contributed by atoms with Crippen molar-refractivity contribution in [3.63, 3.8) is 0 Å². The third-order valence-corrected chi connectivity index (χ3v) is 3.42. The summed E-state index contributed by atoms with van der Waals surface area (Å²) in [6, 6.07) is 0.434. The Kier molecular flexibility index (Phi) is 4.04. The molecular weight excluding hydrogens is 203 g/mol. The van der Waals surface area contributed by atoms with E-state index in [1.807, 2.05) is 0 Å². The topological polar surface area (TPSA) is 12.0 Å². The lowest BCUT2D eigenvalue weighted by atomic mass is 10.0. The maximum Gasteiger partial charge on any atom is 0.389 e. The van der Waals surface area contributed by atoms with Crippen LogP contribution in [-0.4, -0.2) is 18.8 Å². The Bertz CT molecular complexity index is 196. The van der Waals surface area contributed by atoms with Gasteiger partial charge in [-0.2, -0.15) is 13.2 Å². The Hall–Kier alpha value is -0.250. The summed E-state index contributed by atoms with van der Waals surface area (Å²) in [5.74, 6) is 0. The Morgan fingerprint density at radius 2 is 1.87 bits per heavy atom. The van der Waals surface area contributed by atoms with Crippen molar-refractivity contribution in [1.29, 1.82) is 0 Å². The highest BCUT2D eigenvalue weighted by atomic mass is 19.4. The van der Waals surface area contributed by atoms with Gasteiger partial charge in [-0.05, 0) is 44.6 Å². The van der Waals surface area contributed by atoms with Gasteiger partial charge in [-0.15, -0.1) is 0 Å². The number of unbranched alkanes of at least 4 members (excludes halogenated alkanes) is 1. The van der Waals surface area contributed by atoms with Crippen LogP contribution in [0, 0.1) is 5.41 Å². The van der Waals surface area contributed by atoms with Gasteiger partial charge in [0.15, 0.2) is 0 Å². The summed E-state index contributed by atoms with van der Waals surface area (Å²) >= 11 is 0. The van der Waals surface area contributed by atoms with Crippen LogP contribution in [0.2, 0.25) is 0 Å². The van der Waals surface area contributed by atoms with Gasteiger partial charge in [0.1, 0.15) is 0 Å². The Morgan fingerprint density at radius 3 is 2.33 bits per heavy atom. The zero-order valence-electron chi connectivity index (χ0n) is 9.45. The molecule has 0 saturated heterocycles. The molecule has 1 nitrogen and oxygen atoms in total. The molecule has 1 aliphatic rings. The third kappa shape index (κ3) is 4.87. The zero-order chi connectivity index (χ0) is 11.5. The molecule has 1 saturated carbocycles. The van der Waals surface area contributed by atoms with Crippen LogP contribution < -0.4 is 5.32 Å². The molecule has 0 aromatic rings. The van der Waals surface area contributed by atoms with Crippen LogP contribution in [0.3, 0.4) is 0 Å². The van der Waals surface area contributed by atoms with Crippen molar-refractivity contribution in [2.45, 2.75) is 58.2 Å². The molecule has 0 aliphatic heterocycles. The van der Waals surface area contributed by atoms with Gasteiger partial charge in [0, 0.05) is 12.5 Å². The minimum absolute atomic E-state index is 0.236. The fourth-order valence-corrected chi connectivity index (χ4v) is 1.65. The molecule has 0 bridgehead atoms. The lowest BCUT2D eigenvalue weighted by Gasteiger charge is -2.20. The molecule has 0 aromatic carbocycles. The molecule has 15 heavy (non-hydrogen) atoms. The molecule has 0 spiro atoms. The van der Waals surface area contributed by atoms with Crippen LogP contribution in [0.5, 0.6) is 0 Å². The van der Waals surface area contributed by atoms with E-state index in [2.05, 4.69) is 19.2 Å². The van der Waals surface area contributed by atoms with Crippen LogP contribution in [0.25, 0.3) is 0 Å². The van der Waals surface area contributed by atoms with Crippen molar-refractivity contribution in [3.05, 3.63) is 0 Å². The first-order valence-electron chi connectivity index (χ1n) is 5.64. The standard InChI is InChI=1S/C11H20F3N/c1-9(10(2)6-7-10)15-8-4-3-5-11(12,13)14/h9,15H,3-8H2,1-2H3. The number of hydrogen-bond donors (Lipinski definition) is 1. The highest BCUT2D eigenvalue weighted by Gasteiger charge is 2.41. The van der Waals surface area contributed by atoms with Gasteiger partial charge in [0.05, 0.1) is 0 Å². The van der Waals surface area contributed by atoms with Crippen molar-refractivity contribution < 1.29 is 13.2 Å². The van der Waals surface area contributed by atoms with Crippen molar-refractivity contribution in [2.75, 3.05) is 6.54 Å². The minimum Gasteiger partial charge on any atom is -0.314 e. The summed E-state index contributed by atoms with van der Waals surface area (Å²) in [7, 11) is 0. The quantitative estimate of drug-likeness (QED) is 0.679. The molecule has 0 heterocycles. The average molecular weight is 223 g/mol. The molecule has 1 unspecified atom stereocenters. The predicted octanol–water partition coefficient (Wildman–Crippen LogP) is 3.50. The van der Waals surface area contributed by atoms with E-state index in [-0.39, 0.29) is 6.42 Å². The molecule has 1 N–H and O–H groups in total. The van der Waals surface area contributed by atoms with Crippen molar-refractivity contribution in [1.82, 2.24) is 5.32 Å². The van der Waals surface area contributed by atoms with E-state index in [4.69, 9.17) is 0 Å². The second-order valence-corrected chi connectivity index (χ2v) is 4.90. The molecular formula is C11H20F3N. The number of rotatable bonds is 6. The van der Waals surface area contributed by atoms with Gasteiger partial charge in [0.25, 0.3) is 0 Å². The Balaban J connectivity index is 1.97. The fourth-order valence-electron chi connectivity index (χ4n) is 1.65. The Morgan fingerprint density at radius 1 is 1.27 bits per heavy atom. The van der Waals surface area contributed by atoms with Crippen LogP contribution in [0.1, 0.15) is 46.0 Å². The summed E-state index contributed by atoms with van der Waals surface area (Å²) in [5.41, 5.74) is 0.407. The molecule has 1 fully saturated rings. The lowest BCUT2D eigenvalue weighted by Crippen LogP contribution is -2.34. The smallest absolute Gasteiger partial charge is 0.314 e. The van der Waals surface area contributed by atoms with E-state index in [1.54, 1.807) is 0 Å². The van der Waals surface area contributed by atoms with E-state index in [1.165, 1.54) is 12.8 Å². The van der Waals surface area contributed by atoms with E-state index < -0.39 is 12.6 Å². The molecule has 0 radical (unpaired) electrons. The van der Waals surface area contributed by atoms with Gasteiger partial charge in [-0.3, -0.25) is 0 Å². The van der Waals surface area contributed by atoms with Gasteiger partial charge in [-0.25, -0.2) is 0 Å². The fraction of sp³-hybridized carbons (Fsp3) is 1.00. The van der Waals surface area contributed by atoms with Gasteiger partial charge in [-0.1, -0.05) is 6.92 Å². The van der Waals surface area contributed by atoms with Gasteiger partial charge in [0.2, 0.25) is 0 Å². The Labute approximate surface area is 89.4 Å². The normalized spacial score (nSPS) is 21.4. The summed E-state index contributed by atoms with van der Waals surface area (Å²) in [6.07, 6.45) is -1.32. The van der Waals surface area contributed by atoms with E-state index in [9.17, 15) is 13.2 Å². The van der Waals surface area contributed by atoms with Crippen LogP contribution >= 0.6 is 0 Å². The minimum atomic E-state index is -3.99. The molecule has 1 atom stereocenters. The first-order valence-corrected chi connectivity index (χ1v) is 5.64. The maximum atomic E-state index is 11.8. The van der Waals surface area contributed by atoms with Crippen LogP contribution in [0.4, 0.5) is 13.2 Å². The maximum absolute atomic E-state index is 11.8.